The summed E-state index contributed by atoms with van der Waals surface area (Å²) in [6, 6.07) is 9.17. The quantitative estimate of drug-likeness (QED) is 0.775. The van der Waals surface area contributed by atoms with Gasteiger partial charge in [0.25, 0.3) is 0 Å². The molecule has 1 aliphatic heterocycles. The summed E-state index contributed by atoms with van der Waals surface area (Å²) in [5.41, 5.74) is 1.20. The Morgan fingerprint density at radius 2 is 2.22 bits per heavy atom. The lowest BCUT2D eigenvalue weighted by atomic mass is 10.2. The molecule has 0 amide bonds. The molecular weight excluding hydrogens is 244 g/mol. The van der Waals surface area contributed by atoms with Crippen LogP contribution in [0.5, 0.6) is 0 Å². The maximum absolute atomic E-state index is 5.43. The summed E-state index contributed by atoms with van der Waals surface area (Å²) in [6.07, 6.45) is 1.10. The van der Waals surface area contributed by atoms with Crippen LogP contribution in [0.4, 0.5) is 5.69 Å². The number of thioether (sulfide) groups is 1. The molecule has 1 unspecified atom stereocenters. The number of rotatable bonds is 6. The highest BCUT2D eigenvalue weighted by atomic mass is 32.2. The molecule has 0 aromatic heterocycles. The van der Waals surface area contributed by atoms with Crippen molar-refractivity contribution in [3.63, 3.8) is 0 Å². The highest BCUT2D eigenvalue weighted by Gasteiger charge is 2.11. The summed E-state index contributed by atoms with van der Waals surface area (Å²) < 4.78 is 5.43. The molecule has 0 bridgehead atoms. The molecule has 0 spiro atoms. The van der Waals surface area contributed by atoms with Gasteiger partial charge in [0.15, 0.2) is 0 Å². The fourth-order valence-corrected chi connectivity index (χ4v) is 2.69. The molecule has 1 heterocycles. The molecule has 4 heteroatoms. The van der Waals surface area contributed by atoms with Gasteiger partial charge in [-0.3, -0.25) is 0 Å². The van der Waals surface area contributed by atoms with Crippen LogP contribution in [0.1, 0.15) is 13.3 Å². The summed E-state index contributed by atoms with van der Waals surface area (Å²) >= 11 is 1.88. The number of nitrogens with one attached hydrogen (secondary N) is 2. The van der Waals surface area contributed by atoms with Crippen LogP contribution in [0, 0.1) is 0 Å². The van der Waals surface area contributed by atoms with Gasteiger partial charge in [0.1, 0.15) is 0 Å². The highest BCUT2D eigenvalue weighted by molar-refractivity contribution is 7.99. The Kier molecular flexibility index (Phi) is 5.84. The van der Waals surface area contributed by atoms with E-state index in [9.17, 15) is 0 Å². The molecule has 0 radical (unpaired) electrons. The third-order valence-electron chi connectivity index (χ3n) is 2.99. The zero-order valence-electron chi connectivity index (χ0n) is 10.9. The van der Waals surface area contributed by atoms with Crippen LogP contribution in [-0.2, 0) is 4.74 Å². The number of anilines is 1. The van der Waals surface area contributed by atoms with Crippen molar-refractivity contribution in [2.75, 3.05) is 37.4 Å². The largest absolute Gasteiger partial charge is 0.385 e. The Labute approximate surface area is 114 Å². The predicted octanol–water partition coefficient (Wildman–Crippen LogP) is 2.59. The minimum Gasteiger partial charge on any atom is -0.385 e. The number of ether oxygens (including phenoxy) is 1. The van der Waals surface area contributed by atoms with E-state index in [-0.39, 0.29) is 0 Å². The molecule has 1 aliphatic rings. The van der Waals surface area contributed by atoms with Crippen LogP contribution >= 0.6 is 11.8 Å². The number of morpholine rings is 1. The first kappa shape index (κ1) is 13.7. The van der Waals surface area contributed by atoms with Gasteiger partial charge in [0, 0.05) is 29.7 Å². The normalized spacial score (nSPS) is 19.7. The van der Waals surface area contributed by atoms with Crippen molar-refractivity contribution in [1.82, 2.24) is 5.32 Å². The van der Waals surface area contributed by atoms with Crippen LogP contribution < -0.4 is 10.6 Å². The molecule has 1 fully saturated rings. The lowest BCUT2D eigenvalue weighted by Crippen LogP contribution is -2.42. The third-order valence-corrected chi connectivity index (χ3v) is 3.88. The van der Waals surface area contributed by atoms with Crippen molar-refractivity contribution in [1.29, 1.82) is 0 Å². The molecule has 2 rings (SSSR count). The number of hydrogen-bond donors (Lipinski definition) is 2. The molecule has 1 aromatic carbocycles. The first-order valence-electron chi connectivity index (χ1n) is 6.66. The lowest BCUT2D eigenvalue weighted by molar-refractivity contribution is 0.0753. The second-order valence-electron chi connectivity index (χ2n) is 4.40. The van der Waals surface area contributed by atoms with Gasteiger partial charge in [-0.05, 0) is 36.4 Å². The Hall–Kier alpha value is -0.710. The van der Waals surface area contributed by atoms with E-state index in [1.165, 1.54) is 10.6 Å². The maximum atomic E-state index is 5.43. The van der Waals surface area contributed by atoms with E-state index >= 15 is 0 Å². The van der Waals surface area contributed by atoms with Crippen LogP contribution in [0.25, 0.3) is 0 Å². The maximum Gasteiger partial charge on any atom is 0.0620 e. The monoisotopic (exact) mass is 266 g/mol. The second-order valence-corrected chi connectivity index (χ2v) is 5.74. The SMILES string of the molecule is CCSc1ccc(NCCC2COCCN2)cc1. The average molecular weight is 266 g/mol. The molecular formula is C14H22N2OS. The summed E-state index contributed by atoms with van der Waals surface area (Å²) in [5.74, 6) is 1.13. The van der Waals surface area contributed by atoms with E-state index in [1.54, 1.807) is 0 Å². The van der Waals surface area contributed by atoms with E-state index in [0.717, 1.165) is 38.5 Å². The van der Waals surface area contributed by atoms with E-state index in [0.29, 0.717) is 6.04 Å². The summed E-state index contributed by atoms with van der Waals surface area (Å²) in [4.78, 5) is 1.34. The van der Waals surface area contributed by atoms with Crippen molar-refractivity contribution in [3.05, 3.63) is 24.3 Å². The summed E-state index contributed by atoms with van der Waals surface area (Å²) in [5, 5.41) is 6.92. The van der Waals surface area contributed by atoms with E-state index < -0.39 is 0 Å². The highest BCUT2D eigenvalue weighted by Crippen LogP contribution is 2.19. The molecule has 1 atom stereocenters. The molecule has 1 aromatic rings. The molecule has 1 saturated heterocycles. The van der Waals surface area contributed by atoms with Crippen molar-refractivity contribution in [2.24, 2.45) is 0 Å². The first-order chi connectivity index (χ1) is 8.88. The molecule has 18 heavy (non-hydrogen) atoms. The van der Waals surface area contributed by atoms with Gasteiger partial charge >= 0.3 is 0 Å². The summed E-state index contributed by atoms with van der Waals surface area (Å²) in [6.45, 7) is 5.83. The van der Waals surface area contributed by atoms with Crippen molar-refractivity contribution >= 4 is 17.4 Å². The smallest absolute Gasteiger partial charge is 0.0620 e. The van der Waals surface area contributed by atoms with Gasteiger partial charge in [0.05, 0.1) is 13.2 Å². The minimum atomic E-state index is 0.501. The zero-order valence-corrected chi connectivity index (χ0v) is 11.8. The van der Waals surface area contributed by atoms with Gasteiger partial charge in [-0.25, -0.2) is 0 Å². The molecule has 0 saturated carbocycles. The van der Waals surface area contributed by atoms with Gasteiger partial charge in [-0.2, -0.15) is 0 Å². The lowest BCUT2D eigenvalue weighted by Gasteiger charge is -2.23. The minimum absolute atomic E-state index is 0.501. The zero-order chi connectivity index (χ0) is 12.6. The van der Waals surface area contributed by atoms with Crippen LogP contribution in [-0.4, -0.2) is 38.1 Å². The molecule has 100 valence electrons. The van der Waals surface area contributed by atoms with Crippen LogP contribution in [0.2, 0.25) is 0 Å². The Morgan fingerprint density at radius 1 is 1.39 bits per heavy atom. The van der Waals surface area contributed by atoms with Crippen molar-refractivity contribution in [2.45, 2.75) is 24.3 Å². The summed E-state index contributed by atoms with van der Waals surface area (Å²) in [7, 11) is 0. The fraction of sp³-hybridized carbons (Fsp3) is 0.571. The predicted molar refractivity (Wildman–Crippen MR) is 78.6 cm³/mol. The van der Waals surface area contributed by atoms with Crippen molar-refractivity contribution < 1.29 is 4.74 Å². The second kappa shape index (κ2) is 7.67. The first-order valence-corrected chi connectivity index (χ1v) is 7.65. The van der Waals surface area contributed by atoms with Gasteiger partial charge in [0.2, 0.25) is 0 Å². The van der Waals surface area contributed by atoms with E-state index in [1.807, 2.05) is 11.8 Å². The van der Waals surface area contributed by atoms with Crippen LogP contribution in [0.15, 0.2) is 29.2 Å². The molecule has 2 N–H and O–H groups in total. The Bertz CT molecular complexity index is 336. The third kappa shape index (κ3) is 4.52. The fourth-order valence-electron chi connectivity index (χ4n) is 2.03. The Balaban J connectivity index is 1.69. The average Bonchev–Trinajstić information content (AvgIpc) is 2.42. The van der Waals surface area contributed by atoms with Gasteiger partial charge in [-0.1, -0.05) is 6.92 Å². The van der Waals surface area contributed by atoms with Crippen LogP contribution in [0.3, 0.4) is 0 Å². The number of benzene rings is 1. The topological polar surface area (TPSA) is 33.3 Å². The van der Waals surface area contributed by atoms with Gasteiger partial charge < -0.3 is 15.4 Å². The standard InChI is InChI=1S/C14H22N2OS/c1-2-18-14-5-3-12(4-6-14)15-8-7-13-11-17-10-9-16-13/h3-6,13,15-16H,2,7-11H2,1H3. The van der Waals surface area contributed by atoms with E-state index in [4.69, 9.17) is 4.74 Å². The number of hydrogen-bond acceptors (Lipinski definition) is 4. The molecule has 3 nitrogen and oxygen atoms in total. The van der Waals surface area contributed by atoms with E-state index in [2.05, 4.69) is 41.8 Å². The Morgan fingerprint density at radius 3 is 2.89 bits per heavy atom. The van der Waals surface area contributed by atoms with Crippen molar-refractivity contribution in [3.8, 4) is 0 Å². The van der Waals surface area contributed by atoms with Gasteiger partial charge in [-0.15, -0.1) is 11.8 Å². The molecule has 0 aliphatic carbocycles.